The van der Waals surface area contributed by atoms with Gasteiger partial charge in [-0.25, -0.2) is 4.68 Å². The molecule has 0 unspecified atom stereocenters. The molecule has 0 bridgehead atoms. The summed E-state index contributed by atoms with van der Waals surface area (Å²) in [5.41, 5.74) is 3.45. The molecular weight excluding hydrogens is 250 g/mol. The standard InChI is InChI=1S/C16H19N3O/c20-16-11-14-12-17-9-8-15(14)18-19(16)10-4-7-13-5-2-1-3-6-13/h1-3,5-6,11,17H,4,7-10,12H2. The van der Waals surface area contributed by atoms with E-state index in [1.807, 2.05) is 18.2 Å². The molecule has 2 aromatic rings. The van der Waals surface area contributed by atoms with Gasteiger partial charge in [0.2, 0.25) is 0 Å². The first kappa shape index (κ1) is 13.1. The molecule has 3 rings (SSSR count). The van der Waals surface area contributed by atoms with Crippen molar-refractivity contribution in [2.45, 2.75) is 32.4 Å². The highest BCUT2D eigenvalue weighted by atomic mass is 16.1. The van der Waals surface area contributed by atoms with Crippen molar-refractivity contribution in [1.82, 2.24) is 15.1 Å². The van der Waals surface area contributed by atoms with Gasteiger partial charge in [-0.1, -0.05) is 30.3 Å². The van der Waals surface area contributed by atoms with E-state index >= 15 is 0 Å². The van der Waals surface area contributed by atoms with Crippen LogP contribution in [-0.4, -0.2) is 16.3 Å². The lowest BCUT2D eigenvalue weighted by molar-refractivity contribution is 0.515. The Morgan fingerprint density at radius 1 is 1.25 bits per heavy atom. The van der Waals surface area contributed by atoms with E-state index in [1.165, 1.54) is 5.56 Å². The van der Waals surface area contributed by atoms with Gasteiger partial charge in [0.25, 0.3) is 5.56 Å². The number of rotatable bonds is 4. The fraction of sp³-hybridized carbons (Fsp3) is 0.375. The minimum atomic E-state index is 0.0144. The third-order valence-corrected chi connectivity index (χ3v) is 3.70. The molecule has 0 aliphatic carbocycles. The summed E-state index contributed by atoms with van der Waals surface area (Å²) in [6.45, 7) is 2.40. The van der Waals surface area contributed by atoms with Gasteiger partial charge in [0, 0.05) is 32.1 Å². The fourth-order valence-electron chi connectivity index (χ4n) is 2.60. The number of nitrogens with one attached hydrogen (secondary N) is 1. The second-order valence-electron chi connectivity index (χ2n) is 5.19. The Bertz CT molecular complexity index is 634. The number of hydrogen-bond acceptors (Lipinski definition) is 3. The molecule has 1 N–H and O–H groups in total. The van der Waals surface area contributed by atoms with Gasteiger partial charge >= 0.3 is 0 Å². The van der Waals surface area contributed by atoms with Crippen molar-refractivity contribution in [3.8, 4) is 0 Å². The molecule has 2 heterocycles. The summed E-state index contributed by atoms with van der Waals surface area (Å²) in [4.78, 5) is 12.0. The van der Waals surface area contributed by atoms with E-state index < -0.39 is 0 Å². The van der Waals surface area contributed by atoms with Crippen molar-refractivity contribution in [2.24, 2.45) is 0 Å². The smallest absolute Gasteiger partial charge is 0.267 e. The summed E-state index contributed by atoms with van der Waals surface area (Å²) in [6.07, 6.45) is 2.83. The Hall–Kier alpha value is -1.94. The first-order valence-corrected chi connectivity index (χ1v) is 7.17. The Balaban J connectivity index is 1.67. The van der Waals surface area contributed by atoms with Crippen LogP contribution in [-0.2, 0) is 25.9 Å². The van der Waals surface area contributed by atoms with E-state index in [-0.39, 0.29) is 5.56 Å². The molecule has 20 heavy (non-hydrogen) atoms. The largest absolute Gasteiger partial charge is 0.312 e. The third kappa shape index (κ3) is 2.96. The van der Waals surface area contributed by atoms with E-state index in [2.05, 4.69) is 22.5 Å². The molecule has 1 aromatic heterocycles. The lowest BCUT2D eigenvalue weighted by Crippen LogP contribution is -2.31. The lowest BCUT2D eigenvalue weighted by atomic mass is 10.1. The average molecular weight is 269 g/mol. The van der Waals surface area contributed by atoms with Crippen LogP contribution < -0.4 is 10.9 Å². The highest BCUT2D eigenvalue weighted by molar-refractivity contribution is 5.20. The molecule has 104 valence electrons. The Morgan fingerprint density at radius 2 is 2.10 bits per heavy atom. The van der Waals surface area contributed by atoms with Crippen molar-refractivity contribution >= 4 is 0 Å². The van der Waals surface area contributed by atoms with Crippen molar-refractivity contribution < 1.29 is 0 Å². The van der Waals surface area contributed by atoms with Crippen LogP contribution >= 0.6 is 0 Å². The van der Waals surface area contributed by atoms with Crippen LogP contribution in [0.2, 0.25) is 0 Å². The number of benzene rings is 1. The summed E-state index contributed by atoms with van der Waals surface area (Å²) < 4.78 is 1.62. The summed E-state index contributed by atoms with van der Waals surface area (Å²) in [6, 6.07) is 12.1. The second-order valence-corrected chi connectivity index (χ2v) is 5.19. The van der Waals surface area contributed by atoms with Crippen LogP contribution in [0.1, 0.15) is 23.2 Å². The minimum absolute atomic E-state index is 0.0144. The van der Waals surface area contributed by atoms with Gasteiger partial charge in [0.05, 0.1) is 5.69 Å². The van der Waals surface area contributed by atoms with Crippen LogP contribution in [0.15, 0.2) is 41.2 Å². The second kappa shape index (κ2) is 6.01. The van der Waals surface area contributed by atoms with Crippen molar-refractivity contribution in [1.29, 1.82) is 0 Å². The molecule has 0 saturated carbocycles. The topological polar surface area (TPSA) is 46.9 Å². The predicted octanol–water partition coefficient (Wildman–Crippen LogP) is 1.52. The molecule has 0 amide bonds. The average Bonchev–Trinajstić information content (AvgIpc) is 2.49. The normalized spacial score (nSPS) is 14.0. The van der Waals surface area contributed by atoms with Gasteiger partial charge in [0.1, 0.15) is 0 Å². The molecule has 0 spiro atoms. The Morgan fingerprint density at radius 3 is 2.95 bits per heavy atom. The molecule has 0 atom stereocenters. The van der Waals surface area contributed by atoms with Gasteiger partial charge in [-0.05, 0) is 24.0 Å². The van der Waals surface area contributed by atoms with Crippen LogP contribution in [0.4, 0.5) is 0 Å². The SMILES string of the molecule is O=c1cc2c(nn1CCCc1ccccc1)CCNC2. The van der Waals surface area contributed by atoms with Gasteiger partial charge in [-0.3, -0.25) is 4.79 Å². The molecule has 1 aliphatic heterocycles. The van der Waals surface area contributed by atoms with E-state index in [0.29, 0.717) is 6.54 Å². The first-order chi connectivity index (χ1) is 9.83. The molecule has 0 saturated heterocycles. The molecule has 4 nitrogen and oxygen atoms in total. The van der Waals surface area contributed by atoms with E-state index in [0.717, 1.165) is 43.6 Å². The summed E-state index contributed by atoms with van der Waals surface area (Å²) in [7, 11) is 0. The molecular formula is C16H19N3O. The zero-order chi connectivity index (χ0) is 13.8. The van der Waals surface area contributed by atoms with Crippen LogP contribution in [0.3, 0.4) is 0 Å². The summed E-state index contributed by atoms with van der Waals surface area (Å²) in [5.74, 6) is 0. The minimum Gasteiger partial charge on any atom is -0.312 e. The number of fused-ring (bicyclic) bond motifs is 1. The number of aromatic nitrogens is 2. The van der Waals surface area contributed by atoms with E-state index in [9.17, 15) is 4.79 Å². The van der Waals surface area contributed by atoms with Gasteiger partial charge in [-0.2, -0.15) is 5.10 Å². The zero-order valence-electron chi connectivity index (χ0n) is 11.5. The maximum absolute atomic E-state index is 12.0. The molecule has 1 aromatic carbocycles. The predicted molar refractivity (Wildman–Crippen MR) is 78.7 cm³/mol. The summed E-state index contributed by atoms with van der Waals surface area (Å²) >= 11 is 0. The zero-order valence-corrected chi connectivity index (χ0v) is 11.5. The number of aryl methyl sites for hydroxylation is 2. The molecule has 0 fully saturated rings. The van der Waals surface area contributed by atoms with Gasteiger partial charge in [0.15, 0.2) is 0 Å². The van der Waals surface area contributed by atoms with E-state index in [4.69, 9.17) is 0 Å². The first-order valence-electron chi connectivity index (χ1n) is 7.17. The van der Waals surface area contributed by atoms with Gasteiger partial charge in [-0.15, -0.1) is 0 Å². The molecule has 0 radical (unpaired) electrons. The van der Waals surface area contributed by atoms with Crippen LogP contribution in [0, 0.1) is 0 Å². The fourth-order valence-corrected chi connectivity index (χ4v) is 2.60. The quantitative estimate of drug-likeness (QED) is 0.915. The van der Waals surface area contributed by atoms with Gasteiger partial charge < -0.3 is 5.32 Å². The van der Waals surface area contributed by atoms with Crippen molar-refractivity contribution in [3.63, 3.8) is 0 Å². The summed E-state index contributed by atoms with van der Waals surface area (Å²) in [5, 5.41) is 7.77. The van der Waals surface area contributed by atoms with Crippen LogP contribution in [0.25, 0.3) is 0 Å². The van der Waals surface area contributed by atoms with Crippen LogP contribution in [0.5, 0.6) is 0 Å². The third-order valence-electron chi connectivity index (χ3n) is 3.70. The molecule has 4 heteroatoms. The number of hydrogen-bond donors (Lipinski definition) is 1. The highest BCUT2D eigenvalue weighted by Crippen LogP contribution is 2.08. The Kier molecular flexibility index (Phi) is 3.92. The van der Waals surface area contributed by atoms with E-state index in [1.54, 1.807) is 10.7 Å². The highest BCUT2D eigenvalue weighted by Gasteiger charge is 2.12. The molecule has 1 aliphatic rings. The lowest BCUT2D eigenvalue weighted by Gasteiger charge is -2.17. The Labute approximate surface area is 118 Å². The monoisotopic (exact) mass is 269 g/mol. The maximum atomic E-state index is 12.0. The number of nitrogens with zero attached hydrogens (tertiary/aromatic N) is 2. The maximum Gasteiger partial charge on any atom is 0.267 e. The van der Waals surface area contributed by atoms with Crippen molar-refractivity contribution in [3.05, 3.63) is 63.6 Å². The van der Waals surface area contributed by atoms with Crippen molar-refractivity contribution in [2.75, 3.05) is 6.54 Å².